The van der Waals surface area contributed by atoms with Crippen molar-refractivity contribution in [3.63, 3.8) is 0 Å². The first kappa shape index (κ1) is 20.8. The van der Waals surface area contributed by atoms with E-state index in [1.54, 1.807) is 0 Å². The molecular formula is C27H26N4O2. The van der Waals surface area contributed by atoms with Gasteiger partial charge in [-0.15, -0.1) is 0 Å². The molecule has 0 aliphatic carbocycles. The quantitative estimate of drug-likeness (QED) is 0.438. The van der Waals surface area contributed by atoms with Crippen LogP contribution in [0.3, 0.4) is 0 Å². The van der Waals surface area contributed by atoms with E-state index in [-0.39, 0.29) is 18.6 Å². The van der Waals surface area contributed by atoms with Gasteiger partial charge in [0.2, 0.25) is 5.95 Å². The third kappa shape index (κ3) is 3.84. The lowest BCUT2D eigenvalue weighted by Gasteiger charge is -2.30. The summed E-state index contributed by atoms with van der Waals surface area (Å²) in [7, 11) is 4.02. The predicted octanol–water partition coefficient (Wildman–Crippen LogP) is 5.13. The zero-order valence-corrected chi connectivity index (χ0v) is 18.9. The van der Waals surface area contributed by atoms with Gasteiger partial charge in [0.15, 0.2) is 0 Å². The van der Waals surface area contributed by atoms with Crippen molar-refractivity contribution in [3.05, 3.63) is 101 Å². The molecule has 5 rings (SSSR count). The van der Waals surface area contributed by atoms with Crippen LogP contribution in [0.15, 0.2) is 90.1 Å². The zero-order valence-electron chi connectivity index (χ0n) is 18.9. The minimum Gasteiger partial charge on any atom is -0.457 e. The number of benzene rings is 3. The molecule has 1 unspecified atom stereocenters. The standard InChI is InChI=1S/C27H26N4O2/c1-18-24(26(32)33-17-19-9-5-4-6-10-19)25(20-13-15-21(16-14-20)30(2)3)31-23-12-8-7-11-22(23)29-27(31)28-18/h4-16,25H,17H2,1-3H3,(H,28,29). The average molecular weight is 439 g/mol. The molecule has 0 saturated heterocycles. The number of imidazole rings is 1. The van der Waals surface area contributed by atoms with Gasteiger partial charge >= 0.3 is 5.97 Å². The first-order valence-electron chi connectivity index (χ1n) is 11.0. The molecule has 166 valence electrons. The van der Waals surface area contributed by atoms with Gasteiger partial charge in [0, 0.05) is 25.5 Å². The van der Waals surface area contributed by atoms with Crippen molar-refractivity contribution in [2.45, 2.75) is 19.6 Å². The molecule has 1 atom stereocenters. The first-order valence-corrected chi connectivity index (χ1v) is 11.0. The number of hydrogen-bond donors (Lipinski definition) is 1. The summed E-state index contributed by atoms with van der Waals surface area (Å²) in [5.41, 5.74) is 6.21. The number of para-hydroxylation sites is 2. The third-order valence-electron chi connectivity index (χ3n) is 5.99. The number of allylic oxidation sites excluding steroid dienone is 1. The largest absolute Gasteiger partial charge is 0.457 e. The molecule has 0 spiro atoms. The van der Waals surface area contributed by atoms with E-state index in [0.717, 1.165) is 39.5 Å². The summed E-state index contributed by atoms with van der Waals surface area (Å²) in [6.45, 7) is 2.13. The van der Waals surface area contributed by atoms with Gasteiger partial charge in [0.05, 0.1) is 22.6 Å². The molecule has 0 amide bonds. The molecule has 0 fully saturated rings. The SMILES string of the molecule is CC1=C(C(=O)OCc2ccccc2)C(c2ccc(N(C)C)cc2)n2c(nc3ccccc32)N1. The Morgan fingerprint density at radius 2 is 1.70 bits per heavy atom. The number of fused-ring (bicyclic) bond motifs is 3. The van der Waals surface area contributed by atoms with Gasteiger partial charge in [-0.3, -0.25) is 4.57 Å². The fraction of sp³-hybridized carbons (Fsp3) is 0.185. The number of carbonyl (C=O) groups is 1. The number of carbonyl (C=O) groups excluding carboxylic acids is 1. The molecule has 1 aromatic heterocycles. The second-order valence-corrected chi connectivity index (χ2v) is 8.41. The summed E-state index contributed by atoms with van der Waals surface area (Å²) in [6, 6.07) is 25.6. The van der Waals surface area contributed by atoms with Crippen molar-refractivity contribution in [2.24, 2.45) is 0 Å². The zero-order chi connectivity index (χ0) is 22.9. The van der Waals surface area contributed by atoms with E-state index in [4.69, 9.17) is 9.72 Å². The molecule has 1 aliphatic rings. The molecular weight excluding hydrogens is 412 g/mol. The van der Waals surface area contributed by atoms with Crippen LogP contribution in [0.2, 0.25) is 0 Å². The Labute approximate surface area is 193 Å². The van der Waals surface area contributed by atoms with Crippen molar-refractivity contribution in [2.75, 3.05) is 24.3 Å². The van der Waals surface area contributed by atoms with Gasteiger partial charge in [0.1, 0.15) is 6.61 Å². The average Bonchev–Trinajstić information content (AvgIpc) is 3.20. The van der Waals surface area contributed by atoms with Gasteiger partial charge < -0.3 is 15.0 Å². The van der Waals surface area contributed by atoms with E-state index in [1.807, 2.05) is 75.6 Å². The second-order valence-electron chi connectivity index (χ2n) is 8.41. The van der Waals surface area contributed by atoms with Crippen molar-refractivity contribution < 1.29 is 9.53 Å². The van der Waals surface area contributed by atoms with Crippen LogP contribution in [0.25, 0.3) is 11.0 Å². The lowest BCUT2D eigenvalue weighted by Crippen LogP contribution is -2.29. The van der Waals surface area contributed by atoms with Gasteiger partial charge in [-0.1, -0.05) is 54.6 Å². The maximum absolute atomic E-state index is 13.4. The number of nitrogens with one attached hydrogen (secondary N) is 1. The first-order chi connectivity index (χ1) is 16.0. The molecule has 0 radical (unpaired) electrons. The molecule has 4 aromatic rings. The van der Waals surface area contributed by atoms with Gasteiger partial charge in [-0.25, -0.2) is 9.78 Å². The van der Waals surface area contributed by atoms with Crippen molar-refractivity contribution in [1.29, 1.82) is 0 Å². The Balaban J connectivity index is 1.59. The third-order valence-corrected chi connectivity index (χ3v) is 5.99. The topological polar surface area (TPSA) is 59.4 Å². The lowest BCUT2D eigenvalue weighted by molar-refractivity contribution is -0.140. The highest BCUT2D eigenvalue weighted by Gasteiger charge is 2.35. The molecule has 6 nitrogen and oxygen atoms in total. The van der Waals surface area contributed by atoms with Gasteiger partial charge in [-0.2, -0.15) is 0 Å². The Kier molecular flexibility index (Phi) is 5.34. The van der Waals surface area contributed by atoms with E-state index in [1.165, 1.54) is 0 Å². The molecule has 2 heterocycles. The number of ether oxygens (including phenoxy) is 1. The molecule has 1 aliphatic heterocycles. The van der Waals surface area contributed by atoms with Crippen LogP contribution < -0.4 is 10.2 Å². The van der Waals surface area contributed by atoms with E-state index in [9.17, 15) is 4.79 Å². The summed E-state index contributed by atoms with van der Waals surface area (Å²) in [4.78, 5) is 20.3. The fourth-order valence-electron chi connectivity index (χ4n) is 4.30. The number of rotatable bonds is 5. The Morgan fingerprint density at radius 3 is 2.42 bits per heavy atom. The van der Waals surface area contributed by atoms with E-state index in [0.29, 0.717) is 5.57 Å². The summed E-state index contributed by atoms with van der Waals surface area (Å²) >= 11 is 0. The van der Waals surface area contributed by atoms with Crippen molar-refractivity contribution >= 4 is 28.6 Å². The smallest absolute Gasteiger partial charge is 0.338 e. The van der Waals surface area contributed by atoms with Crippen LogP contribution >= 0.6 is 0 Å². The highest BCUT2D eigenvalue weighted by molar-refractivity contribution is 5.94. The minimum absolute atomic E-state index is 0.222. The highest BCUT2D eigenvalue weighted by atomic mass is 16.5. The molecule has 6 heteroatoms. The lowest BCUT2D eigenvalue weighted by atomic mass is 9.94. The van der Waals surface area contributed by atoms with Crippen molar-refractivity contribution in [1.82, 2.24) is 9.55 Å². The summed E-state index contributed by atoms with van der Waals surface area (Å²) < 4.78 is 7.87. The number of nitrogens with zero attached hydrogens (tertiary/aromatic N) is 3. The van der Waals surface area contributed by atoms with Gasteiger partial charge in [-0.05, 0) is 42.3 Å². The van der Waals surface area contributed by atoms with Gasteiger partial charge in [0.25, 0.3) is 0 Å². The van der Waals surface area contributed by atoms with Crippen LogP contribution in [-0.4, -0.2) is 29.6 Å². The summed E-state index contributed by atoms with van der Waals surface area (Å²) in [5.74, 6) is 0.379. The molecule has 33 heavy (non-hydrogen) atoms. The van der Waals surface area contributed by atoms with Crippen LogP contribution in [-0.2, 0) is 16.1 Å². The maximum atomic E-state index is 13.4. The number of aromatic nitrogens is 2. The number of hydrogen-bond acceptors (Lipinski definition) is 5. The van der Waals surface area contributed by atoms with Crippen LogP contribution in [0, 0.1) is 0 Å². The Hall–Kier alpha value is -4.06. The molecule has 1 N–H and O–H groups in total. The monoisotopic (exact) mass is 438 g/mol. The molecule has 3 aromatic carbocycles. The van der Waals surface area contributed by atoms with Crippen molar-refractivity contribution in [3.8, 4) is 0 Å². The highest BCUT2D eigenvalue weighted by Crippen LogP contribution is 2.40. The fourth-order valence-corrected chi connectivity index (χ4v) is 4.30. The van der Waals surface area contributed by atoms with E-state index < -0.39 is 0 Å². The number of esters is 1. The second kappa shape index (κ2) is 8.47. The van der Waals surface area contributed by atoms with Crippen LogP contribution in [0.1, 0.15) is 24.1 Å². The minimum atomic E-state index is -0.354. The summed E-state index contributed by atoms with van der Waals surface area (Å²) in [5, 5.41) is 3.33. The summed E-state index contributed by atoms with van der Waals surface area (Å²) in [6.07, 6.45) is 0. The maximum Gasteiger partial charge on any atom is 0.338 e. The predicted molar refractivity (Wildman–Crippen MR) is 131 cm³/mol. The van der Waals surface area contributed by atoms with Crippen LogP contribution in [0.5, 0.6) is 0 Å². The van der Waals surface area contributed by atoms with Crippen LogP contribution in [0.4, 0.5) is 11.6 Å². The normalized spacial score (nSPS) is 15.2. The molecule has 0 bridgehead atoms. The Morgan fingerprint density at radius 1 is 1.00 bits per heavy atom. The van der Waals surface area contributed by atoms with E-state index in [2.05, 4.69) is 39.0 Å². The number of anilines is 2. The molecule has 0 saturated carbocycles. The Bertz CT molecular complexity index is 1340. The van der Waals surface area contributed by atoms with E-state index >= 15 is 0 Å².